The van der Waals surface area contributed by atoms with E-state index in [2.05, 4.69) is 10.3 Å². The molecule has 0 saturated carbocycles. The molecule has 0 heterocycles. The summed E-state index contributed by atoms with van der Waals surface area (Å²) < 4.78 is 79.9. The highest BCUT2D eigenvalue weighted by Crippen LogP contribution is 2.35. The maximum Gasteiger partial charge on any atom is 0.416 e. The molecule has 0 aliphatic rings. The Hall–Kier alpha value is -5.45. The van der Waals surface area contributed by atoms with Crippen molar-refractivity contribution >= 4 is 46.4 Å². The summed E-state index contributed by atoms with van der Waals surface area (Å²) in [4.78, 5) is 30.7. The van der Waals surface area contributed by atoms with Crippen molar-refractivity contribution in [2.75, 3.05) is 10.2 Å². The first kappa shape index (κ1) is 31.0. The summed E-state index contributed by atoms with van der Waals surface area (Å²) >= 11 is 0. The number of halogens is 6. The molecule has 0 aliphatic heterocycles. The van der Waals surface area contributed by atoms with Gasteiger partial charge in [0, 0.05) is 28.7 Å². The van der Waals surface area contributed by atoms with Crippen molar-refractivity contribution in [3.8, 4) is 0 Å². The predicted octanol–water partition coefficient (Wildman–Crippen LogP) is 9.04. The minimum absolute atomic E-state index is 0.0405. The number of benzene rings is 5. The van der Waals surface area contributed by atoms with Crippen molar-refractivity contribution in [1.82, 2.24) is 0 Å². The third-order valence-electron chi connectivity index (χ3n) is 6.85. The maximum absolute atomic E-state index is 13.4. The van der Waals surface area contributed by atoms with E-state index < -0.39 is 29.4 Å². The van der Waals surface area contributed by atoms with Crippen LogP contribution in [-0.2, 0) is 23.7 Å². The lowest BCUT2D eigenvalue weighted by Gasteiger charge is -2.21. The van der Waals surface area contributed by atoms with E-state index in [1.807, 2.05) is 42.5 Å². The van der Waals surface area contributed by atoms with Gasteiger partial charge in [0.1, 0.15) is 0 Å². The molecular formula is C34H23F6N3O2. The number of amides is 2. The van der Waals surface area contributed by atoms with Crippen LogP contribution in [0.25, 0.3) is 10.8 Å². The van der Waals surface area contributed by atoms with Gasteiger partial charge in [0.25, 0.3) is 5.91 Å². The number of alkyl halides is 6. The van der Waals surface area contributed by atoms with Gasteiger partial charge in [0.05, 0.1) is 23.4 Å². The average Bonchev–Trinajstić information content (AvgIpc) is 3.01. The fraction of sp³-hybridized carbons (Fsp3) is 0.0882. The van der Waals surface area contributed by atoms with Gasteiger partial charge in [0.15, 0.2) is 0 Å². The van der Waals surface area contributed by atoms with Crippen LogP contribution in [0.1, 0.15) is 32.6 Å². The number of carbonyl (C=O) groups excluding carboxylic acids is 2. The molecule has 0 radical (unpaired) electrons. The molecule has 0 saturated heterocycles. The van der Waals surface area contributed by atoms with Crippen LogP contribution in [-0.4, -0.2) is 18.5 Å². The number of nitrogens with one attached hydrogen (secondary N) is 1. The van der Waals surface area contributed by atoms with Crippen LogP contribution < -0.4 is 10.2 Å². The molecule has 0 unspecified atom stereocenters. The third-order valence-corrected chi connectivity index (χ3v) is 6.85. The zero-order valence-corrected chi connectivity index (χ0v) is 23.2. The number of fused-ring (bicyclic) bond motifs is 1. The van der Waals surface area contributed by atoms with Crippen LogP contribution in [0.15, 0.2) is 114 Å². The summed E-state index contributed by atoms with van der Waals surface area (Å²) in [6, 6.07) is 25.8. The summed E-state index contributed by atoms with van der Waals surface area (Å²) in [7, 11) is 0. The number of anilines is 3. The molecule has 2 amide bonds. The van der Waals surface area contributed by atoms with E-state index in [1.165, 1.54) is 30.3 Å². The fourth-order valence-corrected chi connectivity index (χ4v) is 4.73. The summed E-state index contributed by atoms with van der Waals surface area (Å²) in [5, 5.41) is 4.50. The second kappa shape index (κ2) is 12.7. The molecule has 45 heavy (non-hydrogen) atoms. The van der Waals surface area contributed by atoms with Crippen LogP contribution in [0.2, 0.25) is 0 Å². The van der Waals surface area contributed by atoms with Gasteiger partial charge in [-0.15, -0.1) is 0 Å². The highest BCUT2D eigenvalue weighted by atomic mass is 19.4. The number of carbonyl (C=O) groups is 2. The Morgan fingerprint density at radius 2 is 1.40 bits per heavy atom. The van der Waals surface area contributed by atoms with Gasteiger partial charge < -0.3 is 5.32 Å². The third kappa shape index (κ3) is 7.38. The van der Waals surface area contributed by atoms with Crippen LogP contribution in [0.4, 0.5) is 43.4 Å². The first-order valence-electron chi connectivity index (χ1n) is 13.4. The maximum atomic E-state index is 13.4. The van der Waals surface area contributed by atoms with Gasteiger partial charge in [-0.25, -0.2) is 0 Å². The number of hydrogen-bond donors (Lipinski definition) is 1. The molecule has 5 aromatic rings. The Labute approximate surface area is 253 Å². The number of aliphatic imine (C=N–C) groups is 1. The standard InChI is InChI=1S/C34H23F6N3O2/c35-33(36,37)26-10-4-8-24(16-26)32(45)42-28-14-22(19-41-20-25-9-3-7-23-6-1-2-13-31(23)25)15-30(18-28)43(21-44)29-12-5-11-27(17-29)34(38,39)40/h1-18,20-21H,19H2,(H,42,45). The number of hydrogen-bond acceptors (Lipinski definition) is 3. The molecule has 5 rings (SSSR count). The Morgan fingerprint density at radius 1 is 0.733 bits per heavy atom. The topological polar surface area (TPSA) is 61.8 Å². The molecule has 0 fully saturated rings. The van der Waals surface area contributed by atoms with Crippen molar-refractivity contribution in [3.63, 3.8) is 0 Å². The molecule has 228 valence electrons. The molecule has 5 nitrogen and oxygen atoms in total. The van der Waals surface area contributed by atoms with Crippen LogP contribution >= 0.6 is 0 Å². The van der Waals surface area contributed by atoms with E-state index in [0.717, 1.165) is 51.6 Å². The van der Waals surface area contributed by atoms with Gasteiger partial charge in [-0.3, -0.25) is 19.5 Å². The second-order valence-corrected chi connectivity index (χ2v) is 9.98. The van der Waals surface area contributed by atoms with E-state index in [4.69, 9.17) is 0 Å². The van der Waals surface area contributed by atoms with Crippen molar-refractivity contribution in [2.45, 2.75) is 18.9 Å². The zero-order chi connectivity index (χ0) is 32.2. The highest BCUT2D eigenvalue weighted by molar-refractivity contribution is 6.05. The Morgan fingerprint density at radius 3 is 2.13 bits per heavy atom. The van der Waals surface area contributed by atoms with E-state index in [1.54, 1.807) is 6.21 Å². The minimum Gasteiger partial charge on any atom is -0.322 e. The normalized spacial score (nSPS) is 12.0. The first-order valence-corrected chi connectivity index (χ1v) is 13.4. The molecule has 0 aromatic heterocycles. The average molecular weight is 620 g/mol. The van der Waals surface area contributed by atoms with Crippen LogP contribution in [0.5, 0.6) is 0 Å². The Kier molecular flexibility index (Phi) is 8.71. The van der Waals surface area contributed by atoms with E-state index >= 15 is 0 Å². The van der Waals surface area contributed by atoms with Gasteiger partial charge in [-0.05, 0) is 70.9 Å². The SMILES string of the molecule is O=CN(c1cc(CN=Cc2cccc3ccccc23)cc(NC(=O)c2cccc(C(F)(F)F)c2)c1)c1cccc(C(F)(F)F)c1. The molecule has 0 bridgehead atoms. The summed E-state index contributed by atoms with van der Waals surface area (Å²) in [5.41, 5.74) is -0.861. The minimum atomic E-state index is -4.67. The van der Waals surface area contributed by atoms with Crippen molar-refractivity contribution in [2.24, 2.45) is 4.99 Å². The predicted molar refractivity (Wildman–Crippen MR) is 161 cm³/mol. The smallest absolute Gasteiger partial charge is 0.322 e. The van der Waals surface area contributed by atoms with Gasteiger partial charge in [0.2, 0.25) is 6.41 Å². The van der Waals surface area contributed by atoms with E-state index in [0.29, 0.717) is 18.0 Å². The first-order chi connectivity index (χ1) is 21.4. The number of rotatable bonds is 8. The number of nitrogens with zero attached hydrogens (tertiary/aromatic N) is 2. The second-order valence-electron chi connectivity index (χ2n) is 9.98. The molecule has 5 aromatic carbocycles. The summed E-state index contributed by atoms with van der Waals surface area (Å²) in [6.45, 7) is 0.0405. The lowest BCUT2D eigenvalue weighted by molar-refractivity contribution is -0.138. The Balaban J connectivity index is 1.51. The quantitative estimate of drug-likeness (QED) is 0.107. The van der Waals surface area contributed by atoms with E-state index in [9.17, 15) is 35.9 Å². The van der Waals surface area contributed by atoms with Crippen LogP contribution in [0.3, 0.4) is 0 Å². The highest BCUT2D eigenvalue weighted by Gasteiger charge is 2.32. The van der Waals surface area contributed by atoms with Gasteiger partial charge in [-0.1, -0.05) is 54.6 Å². The monoisotopic (exact) mass is 619 g/mol. The van der Waals surface area contributed by atoms with Gasteiger partial charge in [-0.2, -0.15) is 26.3 Å². The molecule has 0 aliphatic carbocycles. The molecule has 0 spiro atoms. The molecular weight excluding hydrogens is 596 g/mol. The van der Waals surface area contributed by atoms with Crippen LogP contribution in [0, 0.1) is 0 Å². The van der Waals surface area contributed by atoms with E-state index in [-0.39, 0.29) is 29.2 Å². The van der Waals surface area contributed by atoms with Crippen molar-refractivity contribution in [1.29, 1.82) is 0 Å². The lowest BCUT2D eigenvalue weighted by atomic mass is 10.1. The summed E-state index contributed by atoms with van der Waals surface area (Å²) in [5.74, 6) is -0.861. The zero-order valence-electron chi connectivity index (χ0n) is 23.2. The molecule has 1 N–H and O–H groups in total. The Bertz CT molecular complexity index is 1890. The van der Waals surface area contributed by atoms with Crippen molar-refractivity contribution < 1.29 is 35.9 Å². The lowest BCUT2D eigenvalue weighted by Crippen LogP contribution is -2.17. The fourth-order valence-electron chi connectivity index (χ4n) is 4.73. The molecule has 0 atom stereocenters. The van der Waals surface area contributed by atoms with Gasteiger partial charge >= 0.3 is 12.4 Å². The van der Waals surface area contributed by atoms with Crippen molar-refractivity contribution in [3.05, 3.63) is 137 Å². The largest absolute Gasteiger partial charge is 0.416 e. The summed E-state index contributed by atoms with van der Waals surface area (Å²) in [6.07, 6.45) is -7.35. The molecule has 11 heteroatoms.